The topological polar surface area (TPSA) is 13.1 Å². The van der Waals surface area contributed by atoms with Crippen LogP contribution in [0.2, 0.25) is 0 Å². The fraction of sp³-hybridized carbons (Fsp3) is 0. The molecule has 9 aromatic rings. The number of furan rings is 1. The zero-order chi connectivity index (χ0) is 29.5. The second-order valence-electron chi connectivity index (χ2n) is 10.6. The van der Waals surface area contributed by atoms with Gasteiger partial charge in [-0.3, -0.25) is 0 Å². The normalized spacial score (nSPS) is 12.9. The van der Waals surface area contributed by atoms with Gasteiger partial charge in [-0.25, -0.2) is 0 Å². The standard InChI is InChI=1S/C40H24O/c1-2-12-27-24-28(21-20-25(27)10-1)37-30-14-5-7-16-32(30)38(33-17-8-6-15-31(33)37)34-18-9-19-36-39(34)35-23-22-26-11-3-4-13-29(26)40(35)41-36/h1-24H/i9D,18D,19D. The van der Waals surface area contributed by atoms with Crippen molar-refractivity contribution in [1.29, 1.82) is 0 Å². The first-order valence-corrected chi connectivity index (χ1v) is 13.9. The van der Waals surface area contributed by atoms with Crippen molar-refractivity contribution in [3.05, 3.63) is 146 Å². The molecule has 0 fully saturated rings. The molecule has 0 bridgehead atoms. The molecule has 0 saturated heterocycles. The van der Waals surface area contributed by atoms with E-state index in [9.17, 15) is 1.37 Å². The van der Waals surface area contributed by atoms with Gasteiger partial charge in [-0.1, -0.05) is 127 Å². The maximum absolute atomic E-state index is 9.34. The van der Waals surface area contributed by atoms with E-state index in [2.05, 4.69) is 84.9 Å². The number of benzene rings is 8. The van der Waals surface area contributed by atoms with Crippen LogP contribution in [0.1, 0.15) is 4.11 Å². The molecule has 1 nitrogen and oxygen atoms in total. The molecule has 0 aliphatic carbocycles. The summed E-state index contributed by atoms with van der Waals surface area (Å²) in [5.41, 5.74) is 4.81. The molecule has 0 N–H and O–H groups in total. The maximum Gasteiger partial charge on any atom is 0.143 e. The summed E-state index contributed by atoms with van der Waals surface area (Å²) in [5, 5.41) is 10.1. The van der Waals surface area contributed by atoms with E-state index in [1.54, 1.807) is 0 Å². The van der Waals surface area contributed by atoms with Gasteiger partial charge in [0.2, 0.25) is 0 Å². The van der Waals surface area contributed by atoms with Crippen LogP contribution in [-0.4, -0.2) is 0 Å². The van der Waals surface area contributed by atoms with Crippen molar-refractivity contribution in [1.82, 2.24) is 0 Å². The average Bonchev–Trinajstić information content (AvgIpc) is 3.47. The highest BCUT2D eigenvalue weighted by Gasteiger charge is 2.20. The summed E-state index contributed by atoms with van der Waals surface area (Å²) in [5.74, 6) is 0. The molecule has 190 valence electrons. The number of hydrogen-bond donors (Lipinski definition) is 0. The van der Waals surface area contributed by atoms with Crippen molar-refractivity contribution < 1.29 is 8.53 Å². The Bertz CT molecular complexity index is 2590. The lowest BCUT2D eigenvalue weighted by atomic mass is 9.84. The highest BCUT2D eigenvalue weighted by Crippen LogP contribution is 2.47. The summed E-state index contributed by atoms with van der Waals surface area (Å²) in [7, 11) is 0. The van der Waals surface area contributed by atoms with Crippen LogP contribution >= 0.6 is 0 Å². The number of rotatable bonds is 2. The van der Waals surface area contributed by atoms with Gasteiger partial charge in [-0.05, 0) is 78.1 Å². The van der Waals surface area contributed by atoms with Crippen molar-refractivity contribution in [2.45, 2.75) is 0 Å². The molecule has 0 atom stereocenters. The van der Waals surface area contributed by atoms with E-state index in [0.717, 1.165) is 54.4 Å². The number of fused-ring (bicyclic) bond motifs is 8. The first-order chi connectivity index (χ1) is 21.6. The molecule has 41 heavy (non-hydrogen) atoms. The van der Waals surface area contributed by atoms with Gasteiger partial charge in [-0.15, -0.1) is 0 Å². The third-order valence-electron chi connectivity index (χ3n) is 8.41. The van der Waals surface area contributed by atoms with E-state index >= 15 is 0 Å². The minimum atomic E-state index is -0.136. The summed E-state index contributed by atoms with van der Waals surface area (Å²) >= 11 is 0. The molecule has 0 unspecified atom stereocenters. The second kappa shape index (κ2) is 8.55. The Hall–Kier alpha value is -5.40. The Labute approximate surface area is 241 Å². The van der Waals surface area contributed by atoms with E-state index in [1.807, 2.05) is 42.5 Å². The minimum absolute atomic E-state index is 0.0344. The highest BCUT2D eigenvalue weighted by atomic mass is 16.3. The first kappa shape index (κ1) is 19.6. The lowest BCUT2D eigenvalue weighted by Gasteiger charge is -2.18. The molecule has 0 spiro atoms. The summed E-state index contributed by atoms with van der Waals surface area (Å²) in [6.45, 7) is 0. The summed E-state index contributed by atoms with van der Waals surface area (Å²) < 4.78 is 33.6. The lowest BCUT2D eigenvalue weighted by molar-refractivity contribution is 0.673. The van der Waals surface area contributed by atoms with E-state index in [-0.39, 0.29) is 18.1 Å². The molecule has 8 aromatic carbocycles. The van der Waals surface area contributed by atoms with Crippen LogP contribution in [0.5, 0.6) is 0 Å². The van der Waals surface area contributed by atoms with Crippen LogP contribution in [0.4, 0.5) is 0 Å². The molecule has 1 heterocycles. The largest absolute Gasteiger partial charge is 0.455 e. The van der Waals surface area contributed by atoms with Gasteiger partial charge >= 0.3 is 0 Å². The molecule has 0 aliphatic rings. The molecule has 0 aliphatic heterocycles. The summed E-state index contributed by atoms with van der Waals surface area (Å²) in [6.07, 6.45) is 0. The van der Waals surface area contributed by atoms with Crippen LogP contribution < -0.4 is 0 Å². The van der Waals surface area contributed by atoms with Crippen LogP contribution in [0, 0.1) is 0 Å². The molecule has 1 aromatic heterocycles. The Kier molecular flexibility index (Phi) is 4.09. The Morgan fingerprint density at radius 2 is 1.05 bits per heavy atom. The van der Waals surface area contributed by atoms with Crippen molar-refractivity contribution in [2.75, 3.05) is 0 Å². The van der Waals surface area contributed by atoms with Gasteiger partial charge in [0.25, 0.3) is 0 Å². The highest BCUT2D eigenvalue weighted by molar-refractivity contribution is 6.27. The van der Waals surface area contributed by atoms with Gasteiger partial charge in [0, 0.05) is 16.2 Å². The van der Waals surface area contributed by atoms with Crippen LogP contribution in [0.15, 0.2) is 150 Å². The SMILES string of the molecule is [2H]c1c([2H])c(-c2c3ccccc3c(-c3ccc4ccccc4c3)c3ccccc23)c2c(oc3c4ccccc4ccc32)c1[2H]. The van der Waals surface area contributed by atoms with Gasteiger partial charge in [-0.2, -0.15) is 0 Å². The smallest absolute Gasteiger partial charge is 0.143 e. The van der Waals surface area contributed by atoms with Gasteiger partial charge in [0.15, 0.2) is 0 Å². The molecule has 0 radical (unpaired) electrons. The molecular formula is C40H24O. The lowest BCUT2D eigenvalue weighted by Crippen LogP contribution is -1.91. The first-order valence-electron chi connectivity index (χ1n) is 15.4. The van der Waals surface area contributed by atoms with Crippen molar-refractivity contribution in [3.8, 4) is 22.3 Å². The van der Waals surface area contributed by atoms with Crippen LogP contribution in [0.3, 0.4) is 0 Å². The molecule has 0 saturated carbocycles. The molecule has 1 heteroatoms. The molecule has 9 rings (SSSR count). The minimum Gasteiger partial charge on any atom is -0.455 e. The van der Waals surface area contributed by atoms with Crippen molar-refractivity contribution >= 4 is 65.0 Å². The quantitative estimate of drug-likeness (QED) is 0.205. The Morgan fingerprint density at radius 3 is 1.78 bits per heavy atom. The van der Waals surface area contributed by atoms with Gasteiger partial charge in [0.1, 0.15) is 11.2 Å². The van der Waals surface area contributed by atoms with Crippen LogP contribution in [0.25, 0.3) is 87.3 Å². The summed E-state index contributed by atoms with van der Waals surface area (Å²) in [6, 6.07) is 43.7. The van der Waals surface area contributed by atoms with Crippen molar-refractivity contribution in [2.24, 2.45) is 0 Å². The molecule has 0 amide bonds. The predicted octanol–water partition coefficient (Wildman–Crippen LogP) is 11.5. The third kappa shape index (κ3) is 3.24. The van der Waals surface area contributed by atoms with Crippen molar-refractivity contribution in [3.63, 3.8) is 0 Å². The van der Waals surface area contributed by atoms with E-state index in [0.29, 0.717) is 22.1 Å². The van der Waals surface area contributed by atoms with Crippen LogP contribution in [-0.2, 0) is 0 Å². The predicted molar refractivity (Wildman–Crippen MR) is 175 cm³/mol. The number of hydrogen-bond acceptors (Lipinski definition) is 1. The monoisotopic (exact) mass is 523 g/mol. The fourth-order valence-electron chi connectivity index (χ4n) is 6.62. The summed E-state index contributed by atoms with van der Waals surface area (Å²) in [4.78, 5) is 0. The average molecular weight is 524 g/mol. The fourth-order valence-corrected chi connectivity index (χ4v) is 6.62. The zero-order valence-electron chi connectivity index (χ0n) is 25.0. The van der Waals surface area contributed by atoms with Gasteiger partial charge < -0.3 is 4.42 Å². The van der Waals surface area contributed by atoms with E-state index in [1.165, 1.54) is 10.8 Å². The molecular weight excluding hydrogens is 496 g/mol. The van der Waals surface area contributed by atoms with Gasteiger partial charge in [0.05, 0.1) is 4.11 Å². The maximum atomic E-state index is 9.34. The van der Waals surface area contributed by atoms with E-state index in [4.69, 9.17) is 7.16 Å². The second-order valence-corrected chi connectivity index (χ2v) is 10.6. The zero-order valence-corrected chi connectivity index (χ0v) is 22.0. The third-order valence-corrected chi connectivity index (χ3v) is 8.41. The Morgan fingerprint density at radius 1 is 0.463 bits per heavy atom. The Balaban J connectivity index is 1.48. The van der Waals surface area contributed by atoms with E-state index < -0.39 is 0 Å².